The first-order chi connectivity index (χ1) is 8.74. The smallest absolute Gasteiger partial charge is 0.202 e. The fourth-order valence-electron chi connectivity index (χ4n) is 1.92. The lowest BCUT2D eigenvalue weighted by Crippen LogP contribution is -2.34. The molecule has 3 heteroatoms. The van der Waals surface area contributed by atoms with Crippen LogP contribution in [0.1, 0.15) is 33.1 Å². The Morgan fingerprint density at radius 3 is 2.61 bits per heavy atom. The van der Waals surface area contributed by atoms with Crippen LogP contribution < -0.4 is 4.74 Å². The van der Waals surface area contributed by atoms with Gasteiger partial charge in [-0.3, -0.25) is 0 Å². The van der Waals surface area contributed by atoms with Crippen LogP contribution in [0.3, 0.4) is 0 Å². The average Bonchev–Trinajstić information content (AvgIpc) is 2.38. The molecular formula is C15H22O3. The van der Waals surface area contributed by atoms with E-state index in [9.17, 15) is 0 Å². The molecule has 2 atom stereocenters. The summed E-state index contributed by atoms with van der Waals surface area (Å²) in [4.78, 5) is 0. The Labute approximate surface area is 109 Å². The summed E-state index contributed by atoms with van der Waals surface area (Å²) < 4.78 is 17.3. The SMILES string of the molecule is CC(C)CO[C@@H]1CCC[C@H](Oc2ccccc2)O1. The van der Waals surface area contributed by atoms with Crippen LogP contribution in [0.4, 0.5) is 0 Å². The van der Waals surface area contributed by atoms with Gasteiger partial charge < -0.3 is 14.2 Å². The van der Waals surface area contributed by atoms with Gasteiger partial charge in [0, 0.05) is 6.42 Å². The molecule has 1 fully saturated rings. The van der Waals surface area contributed by atoms with Crippen LogP contribution in [0.5, 0.6) is 5.75 Å². The van der Waals surface area contributed by atoms with Gasteiger partial charge >= 0.3 is 0 Å². The number of rotatable bonds is 5. The molecule has 0 spiro atoms. The van der Waals surface area contributed by atoms with E-state index in [-0.39, 0.29) is 12.6 Å². The molecule has 100 valence electrons. The van der Waals surface area contributed by atoms with Crippen LogP contribution in [0, 0.1) is 5.92 Å². The Morgan fingerprint density at radius 2 is 1.89 bits per heavy atom. The molecule has 0 bridgehead atoms. The molecule has 18 heavy (non-hydrogen) atoms. The summed E-state index contributed by atoms with van der Waals surface area (Å²) in [7, 11) is 0. The fourth-order valence-corrected chi connectivity index (χ4v) is 1.92. The number of hydrogen-bond acceptors (Lipinski definition) is 3. The van der Waals surface area contributed by atoms with Crippen LogP contribution in [-0.2, 0) is 9.47 Å². The lowest BCUT2D eigenvalue weighted by Gasteiger charge is -2.30. The second-order valence-electron chi connectivity index (χ2n) is 5.08. The Bertz CT molecular complexity index is 337. The van der Waals surface area contributed by atoms with E-state index < -0.39 is 0 Å². The maximum Gasteiger partial charge on any atom is 0.202 e. The van der Waals surface area contributed by atoms with Crippen molar-refractivity contribution in [3.8, 4) is 5.75 Å². The summed E-state index contributed by atoms with van der Waals surface area (Å²) in [6.07, 6.45) is 2.67. The zero-order valence-electron chi connectivity index (χ0n) is 11.2. The van der Waals surface area contributed by atoms with Crippen molar-refractivity contribution in [2.45, 2.75) is 45.7 Å². The molecule has 1 aliphatic rings. The maximum atomic E-state index is 5.80. The molecule has 1 saturated heterocycles. The van der Waals surface area contributed by atoms with E-state index in [2.05, 4.69) is 13.8 Å². The van der Waals surface area contributed by atoms with Crippen molar-refractivity contribution < 1.29 is 14.2 Å². The highest BCUT2D eigenvalue weighted by Crippen LogP contribution is 2.23. The van der Waals surface area contributed by atoms with Gasteiger partial charge in [-0.15, -0.1) is 0 Å². The summed E-state index contributed by atoms with van der Waals surface area (Å²) >= 11 is 0. The summed E-state index contributed by atoms with van der Waals surface area (Å²) in [6, 6.07) is 9.79. The van der Waals surface area contributed by atoms with Gasteiger partial charge in [-0.1, -0.05) is 32.0 Å². The Balaban J connectivity index is 1.79. The van der Waals surface area contributed by atoms with E-state index in [0.29, 0.717) is 5.92 Å². The third kappa shape index (κ3) is 4.31. The standard InChI is InChI=1S/C15H22O3/c1-12(2)11-16-14-9-6-10-15(18-14)17-13-7-4-3-5-8-13/h3-5,7-8,12,14-15H,6,9-11H2,1-2H3/t14-,15+/m0/s1. The predicted molar refractivity (Wildman–Crippen MR) is 70.4 cm³/mol. The second kappa shape index (κ2) is 6.76. The van der Waals surface area contributed by atoms with Gasteiger partial charge in [-0.05, 0) is 30.9 Å². The van der Waals surface area contributed by atoms with Gasteiger partial charge in [0.15, 0.2) is 6.29 Å². The monoisotopic (exact) mass is 250 g/mol. The van der Waals surface area contributed by atoms with Crippen LogP contribution in [0.2, 0.25) is 0 Å². The molecule has 1 aromatic rings. The number of benzene rings is 1. The highest BCUT2D eigenvalue weighted by atomic mass is 16.8. The van der Waals surface area contributed by atoms with Crippen LogP contribution >= 0.6 is 0 Å². The molecule has 0 amide bonds. The van der Waals surface area contributed by atoms with Crippen LogP contribution in [0.15, 0.2) is 30.3 Å². The minimum atomic E-state index is -0.182. The lowest BCUT2D eigenvalue weighted by molar-refractivity contribution is -0.244. The van der Waals surface area contributed by atoms with E-state index in [1.807, 2.05) is 30.3 Å². The summed E-state index contributed by atoms with van der Waals surface area (Å²) in [5.74, 6) is 1.39. The topological polar surface area (TPSA) is 27.7 Å². The highest BCUT2D eigenvalue weighted by molar-refractivity contribution is 5.21. The third-order valence-corrected chi connectivity index (χ3v) is 2.81. The largest absolute Gasteiger partial charge is 0.465 e. The lowest BCUT2D eigenvalue weighted by atomic mass is 10.2. The van der Waals surface area contributed by atoms with E-state index in [1.165, 1.54) is 0 Å². The first kappa shape index (κ1) is 13.4. The summed E-state index contributed by atoms with van der Waals surface area (Å²) in [5, 5.41) is 0. The average molecular weight is 250 g/mol. The van der Waals surface area contributed by atoms with Crippen molar-refractivity contribution in [1.29, 1.82) is 0 Å². The minimum Gasteiger partial charge on any atom is -0.465 e. The molecule has 1 heterocycles. The molecule has 1 aromatic carbocycles. The van der Waals surface area contributed by atoms with Crippen molar-refractivity contribution in [3.05, 3.63) is 30.3 Å². The van der Waals surface area contributed by atoms with Gasteiger partial charge in [0.05, 0.1) is 6.61 Å². The van der Waals surface area contributed by atoms with Crippen molar-refractivity contribution in [2.75, 3.05) is 6.61 Å². The molecule has 0 aromatic heterocycles. The van der Waals surface area contributed by atoms with E-state index in [4.69, 9.17) is 14.2 Å². The second-order valence-corrected chi connectivity index (χ2v) is 5.08. The first-order valence-electron chi connectivity index (χ1n) is 6.73. The molecular weight excluding hydrogens is 228 g/mol. The normalized spacial score (nSPS) is 24.2. The first-order valence-corrected chi connectivity index (χ1v) is 6.73. The molecule has 0 N–H and O–H groups in total. The zero-order valence-corrected chi connectivity index (χ0v) is 11.2. The number of ether oxygens (including phenoxy) is 3. The molecule has 0 unspecified atom stereocenters. The number of hydrogen-bond donors (Lipinski definition) is 0. The van der Waals surface area contributed by atoms with Crippen molar-refractivity contribution in [3.63, 3.8) is 0 Å². The van der Waals surface area contributed by atoms with E-state index in [1.54, 1.807) is 0 Å². The van der Waals surface area contributed by atoms with Crippen LogP contribution in [-0.4, -0.2) is 19.2 Å². The summed E-state index contributed by atoms with van der Waals surface area (Å²) in [5.41, 5.74) is 0. The van der Waals surface area contributed by atoms with E-state index >= 15 is 0 Å². The molecule has 0 saturated carbocycles. The van der Waals surface area contributed by atoms with Crippen LogP contribution in [0.25, 0.3) is 0 Å². The molecule has 2 rings (SSSR count). The molecule has 3 nitrogen and oxygen atoms in total. The van der Waals surface area contributed by atoms with Gasteiger partial charge in [0.2, 0.25) is 6.29 Å². The Hall–Kier alpha value is -1.06. The molecule has 0 radical (unpaired) electrons. The Kier molecular flexibility index (Phi) is 5.02. The maximum absolute atomic E-state index is 5.80. The minimum absolute atomic E-state index is 0.116. The van der Waals surface area contributed by atoms with Crippen molar-refractivity contribution in [2.24, 2.45) is 5.92 Å². The quantitative estimate of drug-likeness (QED) is 0.799. The van der Waals surface area contributed by atoms with Gasteiger partial charge in [-0.2, -0.15) is 0 Å². The highest BCUT2D eigenvalue weighted by Gasteiger charge is 2.24. The van der Waals surface area contributed by atoms with Crippen molar-refractivity contribution >= 4 is 0 Å². The van der Waals surface area contributed by atoms with Gasteiger partial charge in [0.1, 0.15) is 5.75 Å². The predicted octanol–water partition coefficient (Wildman–Crippen LogP) is 3.59. The Morgan fingerprint density at radius 1 is 1.17 bits per heavy atom. The third-order valence-electron chi connectivity index (χ3n) is 2.81. The van der Waals surface area contributed by atoms with Crippen molar-refractivity contribution in [1.82, 2.24) is 0 Å². The molecule has 1 aliphatic heterocycles. The van der Waals surface area contributed by atoms with E-state index in [0.717, 1.165) is 31.6 Å². The fraction of sp³-hybridized carbons (Fsp3) is 0.600. The van der Waals surface area contributed by atoms with Gasteiger partial charge in [-0.25, -0.2) is 0 Å². The summed E-state index contributed by atoms with van der Waals surface area (Å²) in [6.45, 7) is 5.02. The van der Waals surface area contributed by atoms with Gasteiger partial charge in [0.25, 0.3) is 0 Å². The number of para-hydroxylation sites is 1. The molecule has 0 aliphatic carbocycles. The zero-order chi connectivity index (χ0) is 12.8.